The van der Waals surface area contributed by atoms with Crippen LogP contribution in [-0.4, -0.2) is 90.1 Å². The van der Waals surface area contributed by atoms with Crippen molar-refractivity contribution in [3.05, 3.63) is 70.2 Å². The van der Waals surface area contributed by atoms with Crippen molar-refractivity contribution in [2.75, 3.05) is 56.7 Å². The standard InChI is InChI=1S/C29H36F3N5O4.C5H3F3OS/c1-3-7-24-20(8-6-13-37(24)28(40)21-18-33-12-11-22(21)29(30,31)32)27(39)36-16-14-35(15-17-36)25-10-5-4-9-23(25)34-26(38)19-41-2;6-5(7,8)4-1-3(9)2-10-4/h4-5,9-12,18,20,24H,3,6-8,13-17,19H2,1-2H3,(H,34,38);1-2,9H. The third-order valence-electron chi connectivity index (χ3n) is 8.55. The molecule has 2 fully saturated rings. The zero-order valence-corrected chi connectivity index (χ0v) is 28.8. The molecule has 0 aliphatic carbocycles. The molecule has 17 heteroatoms. The van der Waals surface area contributed by atoms with E-state index in [1.54, 1.807) is 4.90 Å². The Balaban J connectivity index is 0.000000502. The van der Waals surface area contributed by atoms with Gasteiger partial charge in [-0.15, -0.1) is 11.3 Å². The molecule has 2 aliphatic heterocycles. The normalized spacial score (nSPS) is 18.2. The van der Waals surface area contributed by atoms with E-state index < -0.39 is 46.2 Å². The Labute approximate surface area is 295 Å². The van der Waals surface area contributed by atoms with Gasteiger partial charge in [-0.05, 0) is 37.5 Å². The summed E-state index contributed by atoms with van der Waals surface area (Å²) in [5, 5.41) is 12.4. The fourth-order valence-corrected chi connectivity index (χ4v) is 6.90. The van der Waals surface area contributed by atoms with Gasteiger partial charge in [-0.3, -0.25) is 19.4 Å². The van der Waals surface area contributed by atoms with Crippen LogP contribution in [0.2, 0.25) is 0 Å². The molecule has 1 aromatic carbocycles. The highest BCUT2D eigenvalue weighted by Gasteiger charge is 2.43. The number of hydrogen-bond acceptors (Lipinski definition) is 8. The van der Waals surface area contributed by atoms with Gasteiger partial charge in [-0.2, -0.15) is 26.3 Å². The van der Waals surface area contributed by atoms with Crippen LogP contribution in [0.1, 0.15) is 53.4 Å². The SMILES string of the molecule is CCCC1C(C(=O)N2CCN(c3ccccc3NC(=O)COC)CC2)CCCN1C(=O)c1cnccc1C(F)(F)F.Oc1csc(C(F)(F)F)c1. The van der Waals surface area contributed by atoms with Crippen LogP contribution in [0.3, 0.4) is 0 Å². The maximum Gasteiger partial charge on any atom is 0.425 e. The number of benzene rings is 1. The highest BCUT2D eigenvalue weighted by Crippen LogP contribution is 2.37. The van der Waals surface area contributed by atoms with Crippen LogP contribution in [-0.2, 0) is 26.7 Å². The molecule has 2 unspecified atom stereocenters. The first-order chi connectivity index (χ1) is 24.1. The molecule has 0 saturated carbocycles. The number of carbonyl (C=O) groups excluding carboxylic acids is 3. The van der Waals surface area contributed by atoms with Gasteiger partial charge in [0.05, 0.1) is 28.4 Å². The molecule has 278 valence electrons. The number of alkyl halides is 6. The van der Waals surface area contributed by atoms with Crippen molar-refractivity contribution in [2.45, 2.75) is 51.0 Å². The number of halogens is 6. The summed E-state index contributed by atoms with van der Waals surface area (Å²) >= 11 is 0.481. The summed E-state index contributed by atoms with van der Waals surface area (Å²) in [6.45, 7) is 4.15. The number of piperidine rings is 1. The molecule has 2 aromatic heterocycles. The van der Waals surface area contributed by atoms with E-state index in [0.29, 0.717) is 81.5 Å². The molecule has 10 nitrogen and oxygen atoms in total. The summed E-state index contributed by atoms with van der Waals surface area (Å²) in [6, 6.07) is 8.46. The average Bonchev–Trinajstić information content (AvgIpc) is 3.55. The molecule has 5 rings (SSSR count). The molecule has 51 heavy (non-hydrogen) atoms. The number of thiophene rings is 1. The smallest absolute Gasteiger partial charge is 0.425 e. The van der Waals surface area contributed by atoms with E-state index in [4.69, 9.17) is 9.84 Å². The lowest BCUT2D eigenvalue weighted by Crippen LogP contribution is -2.56. The molecule has 4 heterocycles. The Morgan fingerprint density at radius 3 is 2.31 bits per heavy atom. The zero-order valence-electron chi connectivity index (χ0n) is 28.0. The van der Waals surface area contributed by atoms with E-state index in [2.05, 4.69) is 15.2 Å². The highest BCUT2D eigenvalue weighted by atomic mass is 32.1. The van der Waals surface area contributed by atoms with E-state index in [1.165, 1.54) is 12.0 Å². The number of likely N-dealkylation sites (tertiary alicyclic amines) is 1. The van der Waals surface area contributed by atoms with Crippen LogP contribution < -0.4 is 10.2 Å². The number of amides is 3. The van der Waals surface area contributed by atoms with Gasteiger partial charge >= 0.3 is 12.4 Å². The number of piperazine rings is 1. The first-order valence-corrected chi connectivity index (χ1v) is 17.1. The lowest BCUT2D eigenvalue weighted by molar-refractivity contribution is -0.140. The second kappa shape index (κ2) is 17.2. The van der Waals surface area contributed by atoms with Crippen LogP contribution in [0.5, 0.6) is 5.75 Å². The third kappa shape index (κ3) is 10.1. The molecule has 0 bridgehead atoms. The fraction of sp³-hybridized carbons (Fsp3) is 0.471. The number of ether oxygens (including phenoxy) is 1. The van der Waals surface area contributed by atoms with Crippen molar-refractivity contribution in [2.24, 2.45) is 5.92 Å². The van der Waals surface area contributed by atoms with E-state index in [9.17, 15) is 40.7 Å². The van der Waals surface area contributed by atoms with Gasteiger partial charge in [0.25, 0.3) is 5.91 Å². The number of nitrogens with one attached hydrogen (secondary N) is 1. The Bertz CT molecular complexity index is 1640. The lowest BCUT2D eigenvalue weighted by atomic mass is 9.84. The number of methoxy groups -OCH3 is 1. The average molecular weight is 744 g/mol. The van der Waals surface area contributed by atoms with Crippen LogP contribution >= 0.6 is 11.3 Å². The van der Waals surface area contributed by atoms with Crippen molar-refractivity contribution >= 4 is 40.4 Å². The predicted octanol–water partition coefficient (Wildman–Crippen LogP) is 6.53. The van der Waals surface area contributed by atoms with Crippen molar-refractivity contribution in [1.82, 2.24) is 14.8 Å². The molecule has 2 N–H and O–H groups in total. The van der Waals surface area contributed by atoms with Crippen molar-refractivity contribution in [3.8, 4) is 5.75 Å². The van der Waals surface area contributed by atoms with Crippen molar-refractivity contribution in [3.63, 3.8) is 0 Å². The van der Waals surface area contributed by atoms with Gasteiger partial charge < -0.3 is 29.9 Å². The Hall–Kier alpha value is -4.38. The number of pyridine rings is 1. The van der Waals surface area contributed by atoms with Crippen LogP contribution in [0.25, 0.3) is 0 Å². The second-order valence-corrected chi connectivity index (χ2v) is 12.9. The van der Waals surface area contributed by atoms with E-state index in [0.717, 1.165) is 29.5 Å². The van der Waals surface area contributed by atoms with E-state index in [-0.39, 0.29) is 24.2 Å². The second-order valence-electron chi connectivity index (χ2n) is 12.0. The molecular weight excluding hydrogens is 704 g/mol. The molecule has 0 radical (unpaired) electrons. The molecule has 0 spiro atoms. The number of aromatic hydroxyl groups is 1. The maximum atomic E-state index is 13.8. The van der Waals surface area contributed by atoms with Gasteiger partial charge in [0.2, 0.25) is 11.8 Å². The van der Waals surface area contributed by atoms with Crippen LogP contribution in [0, 0.1) is 5.92 Å². The molecular formula is C34H39F6N5O5S. The minimum absolute atomic E-state index is 0.0608. The van der Waals surface area contributed by atoms with E-state index >= 15 is 0 Å². The third-order valence-corrected chi connectivity index (χ3v) is 9.51. The molecule has 2 atom stereocenters. The van der Waals surface area contributed by atoms with Crippen LogP contribution in [0.15, 0.2) is 54.2 Å². The monoisotopic (exact) mass is 743 g/mol. The van der Waals surface area contributed by atoms with Crippen molar-refractivity contribution in [1.29, 1.82) is 0 Å². The Morgan fingerprint density at radius 2 is 1.73 bits per heavy atom. The molecule has 2 saturated heterocycles. The number of rotatable bonds is 8. The van der Waals surface area contributed by atoms with Gasteiger partial charge in [0.15, 0.2) is 0 Å². The summed E-state index contributed by atoms with van der Waals surface area (Å²) in [5.74, 6) is -1.91. The summed E-state index contributed by atoms with van der Waals surface area (Å²) in [5.41, 5.74) is 0.00164. The Kier molecular flexibility index (Phi) is 13.3. The number of nitrogens with zero attached hydrogens (tertiary/aromatic N) is 4. The summed E-state index contributed by atoms with van der Waals surface area (Å²) in [6.07, 6.45) is -4.74. The van der Waals surface area contributed by atoms with E-state index in [1.807, 2.05) is 31.2 Å². The molecule has 3 amide bonds. The molecule has 3 aromatic rings. The minimum atomic E-state index is -4.69. The summed E-state index contributed by atoms with van der Waals surface area (Å²) in [4.78, 5) is 47.7. The first kappa shape index (κ1) is 39.4. The van der Waals surface area contributed by atoms with Crippen molar-refractivity contribution < 1.29 is 50.6 Å². The molecule has 2 aliphatic rings. The van der Waals surface area contributed by atoms with Gasteiger partial charge in [0.1, 0.15) is 17.2 Å². The highest BCUT2D eigenvalue weighted by molar-refractivity contribution is 7.10. The van der Waals surface area contributed by atoms with Gasteiger partial charge in [0, 0.05) is 69.7 Å². The number of carbonyl (C=O) groups is 3. The quantitative estimate of drug-likeness (QED) is 0.253. The largest absolute Gasteiger partial charge is 0.507 e. The van der Waals surface area contributed by atoms with Crippen LogP contribution in [0.4, 0.5) is 37.7 Å². The number of aromatic nitrogens is 1. The predicted molar refractivity (Wildman–Crippen MR) is 178 cm³/mol. The minimum Gasteiger partial charge on any atom is -0.507 e. The number of anilines is 2. The summed E-state index contributed by atoms with van der Waals surface area (Å²) < 4.78 is 81.0. The Morgan fingerprint density at radius 1 is 1.02 bits per heavy atom. The van der Waals surface area contributed by atoms with Gasteiger partial charge in [-0.1, -0.05) is 25.5 Å². The topological polar surface area (TPSA) is 115 Å². The fourth-order valence-electron chi connectivity index (χ4n) is 6.27. The number of para-hydroxylation sites is 2. The lowest BCUT2D eigenvalue weighted by Gasteiger charge is -2.44. The first-order valence-electron chi connectivity index (χ1n) is 16.2. The summed E-state index contributed by atoms with van der Waals surface area (Å²) in [7, 11) is 1.45. The maximum absolute atomic E-state index is 13.8. The number of hydrogen-bond donors (Lipinski definition) is 2. The zero-order chi connectivity index (χ0) is 37.3. The van der Waals surface area contributed by atoms with Gasteiger partial charge in [-0.25, -0.2) is 0 Å².